The Labute approximate surface area is 141 Å². The molecule has 24 heavy (non-hydrogen) atoms. The van der Waals surface area contributed by atoms with Gasteiger partial charge >= 0.3 is 0 Å². The zero-order chi connectivity index (χ0) is 17.1. The second-order valence-corrected chi connectivity index (χ2v) is 6.58. The van der Waals surface area contributed by atoms with Gasteiger partial charge in [0.15, 0.2) is 6.10 Å². The van der Waals surface area contributed by atoms with Crippen LogP contribution in [0.15, 0.2) is 24.3 Å². The van der Waals surface area contributed by atoms with Crippen LogP contribution in [0.4, 0.5) is 4.39 Å². The number of likely N-dealkylation sites (N-methyl/N-ethyl adjacent to an activating group) is 1. The number of carbonyl (C=O) groups excluding carboxylic acids is 2. The highest BCUT2D eigenvalue weighted by molar-refractivity contribution is 5.86. The van der Waals surface area contributed by atoms with Crippen LogP contribution in [-0.4, -0.2) is 42.5 Å². The van der Waals surface area contributed by atoms with Crippen LogP contribution < -0.4 is 5.32 Å². The fourth-order valence-corrected chi connectivity index (χ4v) is 3.52. The summed E-state index contributed by atoms with van der Waals surface area (Å²) in [6.45, 7) is -0.114. The van der Waals surface area contributed by atoms with Crippen molar-refractivity contribution >= 4 is 11.8 Å². The summed E-state index contributed by atoms with van der Waals surface area (Å²) in [5.41, 5.74) is 0.691. The molecule has 1 saturated heterocycles. The standard InChI is InChI=1S/C18H23FN2O3/c1-21-15(22)11-24-17(16(21)12-7-9-13(19)10-8-12)18(23)20-14-5-3-2-4-6-14/h7-10,14,16-17H,2-6,11H2,1H3,(H,20,23)/t16-,17+/m0/s1. The Hall–Kier alpha value is -1.95. The van der Waals surface area contributed by atoms with Crippen molar-refractivity contribution in [3.63, 3.8) is 0 Å². The molecule has 130 valence electrons. The van der Waals surface area contributed by atoms with E-state index < -0.39 is 12.1 Å². The van der Waals surface area contributed by atoms with Gasteiger partial charge < -0.3 is 15.0 Å². The van der Waals surface area contributed by atoms with E-state index in [0.717, 1.165) is 25.7 Å². The molecule has 2 amide bonds. The highest BCUT2D eigenvalue weighted by Crippen LogP contribution is 2.30. The molecule has 0 radical (unpaired) electrons. The molecular formula is C18H23FN2O3. The number of benzene rings is 1. The van der Waals surface area contributed by atoms with Crippen LogP contribution in [0.2, 0.25) is 0 Å². The second kappa shape index (κ2) is 7.30. The molecule has 2 aliphatic rings. The number of ether oxygens (including phenoxy) is 1. The molecule has 1 aromatic rings. The van der Waals surface area contributed by atoms with Gasteiger partial charge in [0.25, 0.3) is 5.91 Å². The Balaban J connectivity index is 1.79. The number of nitrogens with one attached hydrogen (secondary N) is 1. The smallest absolute Gasteiger partial charge is 0.251 e. The quantitative estimate of drug-likeness (QED) is 0.922. The van der Waals surface area contributed by atoms with Gasteiger partial charge in [-0.1, -0.05) is 31.4 Å². The Morgan fingerprint density at radius 1 is 1.21 bits per heavy atom. The zero-order valence-electron chi connectivity index (χ0n) is 13.8. The van der Waals surface area contributed by atoms with E-state index in [0.29, 0.717) is 5.56 Å². The molecular weight excluding hydrogens is 311 g/mol. The summed E-state index contributed by atoms with van der Waals surface area (Å²) in [6, 6.07) is 5.48. The van der Waals surface area contributed by atoms with Gasteiger partial charge in [-0.3, -0.25) is 9.59 Å². The molecule has 1 saturated carbocycles. The largest absolute Gasteiger partial charge is 0.356 e. The van der Waals surface area contributed by atoms with E-state index in [1.165, 1.54) is 23.5 Å². The third kappa shape index (κ3) is 3.59. The van der Waals surface area contributed by atoms with Crippen molar-refractivity contribution in [2.24, 2.45) is 0 Å². The van der Waals surface area contributed by atoms with Gasteiger partial charge in [-0.25, -0.2) is 4.39 Å². The molecule has 0 bridgehead atoms. The summed E-state index contributed by atoms with van der Waals surface area (Å²) in [4.78, 5) is 26.2. The predicted molar refractivity (Wildman–Crippen MR) is 86.7 cm³/mol. The number of amides is 2. The first-order valence-electron chi connectivity index (χ1n) is 8.49. The summed E-state index contributed by atoms with van der Waals surface area (Å²) in [5.74, 6) is -0.741. The first kappa shape index (κ1) is 16.9. The molecule has 1 aromatic carbocycles. The van der Waals surface area contributed by atoms with Crippen LogP contribution in [0.3, 0.4) is 0 Å². The summed E-state index contributed by atoms with van der Waals surface area (Å²) in [6.07, 6.45) is 4.64. The molecule has 1 aliphatic carbocycles. The second-order valence-electron chi connectivity index (χ2n) is 6.58. The molecule has 1 heterocycles. The van der Waals surface area contributed by atoms with Crippen molar-refractivity contribution in [3.05, 3.63) is 35.6 Å². The monoisotopic (exact) mass is 334 g/mol. The van der Waals surface area contributed by atoms with Gasteiger partial charge in [-0.15, -0.1) is 0 Å². The molecule has 6 heteroatoms. The van der Waals surface area contributed by atoms with E-state index in [2.05, 4.69) is 5.32 Å². The van der Waals surface area contributed by atoms with Gasteiger partial charge in [0.05, 0.1) is 6.04 Å². The van der Waals surface area contributed by atoms with Crippen LogP contribution in [0, 0.1) is 5.82 Å². The number of rotatable bonds is 3. The average molecular weight is 334 g/mol. The van der Waals surface area contributed by atoms with Crippen molar-refractivity contribution < 1.29 is 18.7 Å². The first-order valence-corrected chi connectivity index (χ1v) is 8.49. The van der Waals surface area contributed by atoms with Crippen LogP contribution in [0.5, 0.6) is 0 Å². The van der Waals surface area contributed by atoms with E-state index in [9.17, 15) is 14.0 Å². The fraction of sp³-hybridized carbons (Fsp3) is 0.556. The third-order valence-electron chi connectivity index (χ3n) is 4.91. The van der Waals surface area contributed by atoms with E-state index >= 15 is 0 Å². The van der Waals surface area contributed by atoms with Crippen LogP contribution in [0.25, 0.3) is 0 Å². The first-order chi connectivity index (χ1) is 11.6. The van der Waals surface area contributed by atoms with Gasteiger partial charge in [0.2, 0.25) is 5.91 Å². The Kier molecular flexibility index (Phi) is 5.14. The highest BCUT2D eigenvalue weighted by Gasteiger charge is 2.40. The summed E-state index contributed by atoms with van der Waals surface area (Å²) in [7, 11) is 1.65. The minimum Gasteiger partial charge on any atom is -0.356 e. The minimum atomic E-state index is -0.778. The maximum Gasteiger partial charge on any atom is 0.251 e. The van der Waals surface area contributed by atoms with Crippen LogP contribution >= 0.6 is 0 Å². The lowest BCUT2D eigenvalue weighted by Crippen LogP contribution is -2.54. The number of hydrogen-bond acceptors (Lipinski definition) is 3. The molecule has 1 aliphatic heterocycles. The molecule has 1 N–H and O–H groups in total. The summed E-state index contributed by atoms with van der Waals surface area (Å²) < 4.78 is 18.8. The molecule has 0 aromatic heterocycles. The minimum absolute atomic E-state index is 0.114. The lowest BCUT2D eigenvalue weighted by atomic mass is 9.94. The Bertz CT molecular complexity index is 599. The molecule has 2 fully saturated rings. The van der Waals surface area contributed by atoms with Gasteiger partial charge in [-0.2, -0.15) is 0 Å². The molecule has 0 spiro atoms. The molecule has 0 unspecified atom stereocenters. The Morgan fingerprint density at radius 2 is 1.88 bits per heavy atom. The maximum atomic E-state index is 13.2. The van der Waals surface area contributed by atoms with Crippen molar-refractivity contribution in [3.8, 4) is 0 Å². The average Bonchev–Trinajstić information content (AvgIpc) is 2.59. The van der Waals surface area contributed by atoms with E-state index in [1.807, 2.05) is 0 Å². The van der Waals surface area contributed by atoms with Crippen LogP contribution in [-0.2, 0) is 14.3 Å². The number of carbonyl (C=O) groups is 2. The predicted octanol–water partition coefficient (Wildman–Crippen LogP) is 2.17. The lowest BCUT2D eigenvalue weighted by molar-refractivity contribution is -0.162. The van der Waals surface area contributed by atoms with Crippen LogP contribution in [0.1, 0.15) is 43.7 Å². The topological polar surface area (TPSA) is 58.6 Å². The maximum absolute atomic E-state index is 13.2. The summed E-state index contributed by atoms with van der Waals surface area (Å²) in [5, 5.41) is 3.06. The number of halogens is 1. The lowest BCUT2D eigenvalue weighted by Gasteiger charge is -2.39. The summed E-state index contributed by atoms with van der Waals surface area (Å²) >= 11 is 0. The van der Waals surface area contributed by atoms with Gasteiger partial charge in [0.1, 0.15) is 12.4 Å². The van der Waals surface area contributed by atoms with E-state index in [1.54, 1.807) is 19.2 Å². The number of hydrogen-bond donors (Lipinski definition) is 1. The fourth-order valence-electron chi connectivity index (χ4n) is 3.52. The van der Waals surface area contributed by atoms with Crippen molar-refractivity contribution in [2.45, 2.75) is 50.3 Å². The molecule has 3 rings (SSSR count). The Morgan fingerprint density at radius 3 is 2.54 bits per heavy atom. The van der Waals surface area contributed by atoms with Crippen molar-refractivity contribution in [2.75, 3.05) is 13.7 Å². The third-order valence-corrected chi connectivity index (χ3v) is 4.91. The number of nitrogens with zero attached hydrogens (tertiary/aromatic N) is 1. The number of morpholine rings is 1. The van der Waals surface area contributed by atoms with Crippen molar-refractivity contribution in [1.29, 1.82) is 0 Å². The van der Waals surface area contributed by atoms with Gasteiger partial charge in [-0.05, 0) is 30.5 Å². The SMILES string of the molecule is CN1C(=O)CO[C@@H](C(=O)NC2CCCCC2)[C@@H]1c1ccc(F)cc1. The van der Waals surface area contributed by atoms with Gasteiger partial charge in [0, 0.05) is 13.1 Å². The van der Waals surface area contributed by atoms with E-state index in [4.69, 9.17) is 4.74 Å². The normalized spacial score (nSPS) is 25.6. The zero-order valence-corrected chi connectivity index (χ0v) is 13.8. The molecule has 5 nitrogen and oxygen atoms in total. The highest BCUT2D eigenvalue weighted by atomic mass is 19.1. The van der Waals surface area contributed by atoms with E-state index in [-0.39, 0.29) is 30.3 Å². The molecule has 2 atom stereocenters. The van der Waals surface area contributed by atoms with Crippen molar-refractivity contribution in [1.82, 2.24) is 10.2 Å².